The van der Waals surface area contributed by atoms with Gasteiger partial charge in [0.2, 0.25) is 0 Å². The fraction of sp³-hybridized carbons (Fsp3) is 0.312. The van der Waals surface area contributed by atoms with Crippen molar-refractivity contribution >= 4 is 11.7 Å². The molecule has 0 spiro atoms. The van der Waals surface area contributed by atoms with Crippen LogP contribution in [0.3, 0.4) is 0 Å². The predicted octanol–water partition coefficient (Wildman–Crippen LogP) is 2.54. The van der Waals surface area contributed by atoms with Gasteiger partial charge in [-0.15, -0.1) is 0 Å². The number of carbonyl (C=O) groups excluding carboxylic acids is 1. The minimum absolute atomic E-state index is 0.221. The number of hydrogen-bond acceptors (Lipinski definition) is 4. The topological polar surface area (TPSA) is 66.9 Å². The molecule has 2 N–H and O–H groups in total. The highest BCUT2D eigenvalue weighted by Gasteiger charge is 2.08. The maximum Gasteiger partial charge on any atom is 0.271 e. The summed E-state index contributed by atoms with van der Waals surface area (Å²) in [6.07, 6.45) is 3.06. The lowest BCUT2D eigenvalue weighted by Gasteiger charge is -2.09. The van der Waals surface area contributed by atoms with Crippen molar-refractivity contribution in [3.05, 3.63) is 53.5 Å². The van der Waals surface area contributed by atoms with Gasteiger partial charge < -0.3 is 10.6 Å². The first-order valence-corrected chi connectivity index (χ1v) is 6.97. The number of anilines is 1. The first-order chi connectivity index (χ1) is 10.1. The molecule has 0 aliphatic carbocycles. The number of nitrogens with one attached hydrogen (secondary N) is 2. The number of hydrogen-bond donors (Lipinski definition) is 2. The van der Waals surface area contributed by atoms with Crippen LogP contribution in [0.15, 0.2) is 36.7 Å². The van der Waals surface area contributed by atoms with Crippen LogP contribution in [-0.2, 0) is 6.54 Å². The summed E-state index contributed by atoms with van der Waals surface area (Å²) in [6, 6.07) is 8.23. The average molecular weight is 284 g/mol. The Morgan fingerprint density at radius 3 is 2.57 bits per heavy atom. The Morgan fingerprint density at radius 2 is 1.95 bits per heavy atom. The lowest BCUT2D eigenvalue weighted by Crippen LogP contribution is -2.24. The summed E-state index contributed by atoms with van der Waals surface area (Å²) >= 11 is 0. The van der Waals surface area contributed by atoms with E-state index in [2.05, 4.69) is 20.6 Å². The Labute approximate surface area is 124 Å². The van der Waals surface area contributed by atoms with E-state index in [0.717, 1.165) is 11.1 Å². The van der Waals surface area contributed by atoms with Crippen LogP contribution in [0.1, 0.15) is 35.5 Å². The maximum absolute atomic E-state index is 12.0. The summed E-state index contributed by atoms with van der Waals surface area (Å²) in [5, 5.41) is 5.99. The van der Waals surface area contributed by atoms with E-state index in [1.54, 1.807) is 6.20 Å². The smallest absolute Gasteiger partial charge is 0.271 e. The number of aromatic nitrogens is 2. The van der Waals surface area contributed by atoms with E-state index in [1.807, 2.05) is 45.0 Å². The third-order valence-corrected chi connectivity index (χ3v) is 3.02. The standard InChI is InChI=1S/C16H20N4O/c1-11(2)20-15-10-17-14(9-18-15)16(21)19-8-13-7-5-4-6-12(13)3/h4-7,9-11H,8H2,1-3H3,(H,18,20)(H,19,21). The second-order valence-electron chi connectivity index (χ2n) is 5.20. The van der Waals surface area contributed by atoms with Gasteiger partial charge in [0.1, 0.15) is 11.5 Å². The van der Waals surface area contributed by atoms with E-state index in [-0.39, 0.29) is 11.9 Å². The number of aryl methyl sites for hydroxylation is 1. The summed E-state index contributed by atoms with van der Waals surface area (Å²) in [5.74, 6) is 0.447. The second kappa shape index (κ2) is 6.83. The molecule has 0 fully saturated rings. The highest BCUT2D eigenvalue weighted by atomic mass is 16.1. The van der Waals surface area contributed by atoms with Gasteiger partial charge in [0.15, 0.2) is 0 Å². The van der Waals surface area contributed by atoms with Crippen molar-refractivity contribution in [1.82, 2.24) is 15.3 Å². The Hall–Kier alpha value is -2.43. The van der Waals surface area contributed by atoms with Crippen molar-refractivity contribution in [2.24, 2.45) is 0 Å². The molecule has 0 aliphatic rings. The average Bonchev–Trinajstić information content (AvgIpc) is 2.46. The maximum atomic E-state index is 12.0. The van der Waals surface area contributed by atoms with Crippen LogP contribution in [0.5, 0.6) is 0 Å². The quantitative estimate of drug-likeness (QED) is 0.885. The zero-order valence-electron chi connectivity index (χ0n) is 12.6. The lowest BCUT2D eigenvalue weighted by atomic mass is 10.1. The third-order valence-electron chi connectivity index (χ3n) is 3.02. The molecular weight excluding hydrogens is 264 g/mol. The number of nitrogens with zero attached hydrogens (tertiary/aromatic N) is 2. The summed E-state index contributed by atoms with van der Waals surface area (Å²) in [6.45, 7) is 6.54. The van der Waals surface area contributed by atoms with Crippen molar-refractivity contribution in [1.29, 1.82) is 0 Å². The Kier molecular flexibility index (Phi) is 4.87. The van der Waals surface area contributed by atoms with Crippen molar-refractivity contribution in [2.45, 2.75) is 33.4 Å². The molecule has 0 unspecified atom stereocenters. The van der Waals surface area contributed by atoms with Gasteiger partial charge in [-0.3, -0.25) is 4.79 Å². The number of benzene rings is 1. The minimum Gasteiger partial charge on any atom is -0.367 e. The Morgan fingerprint density at radius 1 is 1.19 bits per heavy atom. The van der Waals surface area contributed by atoms with Crippen molar-refractivity contribution in [3.8, 4) is 0 Å². The SMILES string of the molecule is Cc1ccccc1CNC(=O)c1cnc(NC(C)C)cn1. The fourth-order valence-corrected chi connectivity index (χ4v) is 1.89. The van der Waals surface area contributed by atoms with Gasteiger partial charge in [-0.1, -0.05) is 24.3 Å². The summed E-state index contributed by atoms with van der Waals surface area (Å²) in [4.78, 5) is 20.3. The van der Waals surface area contributed by atoms with E-state index < -0.39 is 0 Å². The lowest BCUT2D eigenvalue weighted by molar-refractivity contribution is 0.0945. The summed E-state index contributed by atoms with van der Waals surface area (Å²) in [5.41, 5.74) is 2.56. The van der Waals surface area contributed by atoms with E-state index in [1.165, 1.54) is 6.20 Å². The van der Waals surface area contributed by atoms with Crippen LogP contribution in [0, 0.1) is 6.92 Å². The molecule has 0 radical (unpaired) electrons. The monoisotopic (exact) mass is 284 g/mol. The molecule has 0 atom stereocenters. The van der Waals surface area contributed by atoms with Gasteiger partial charge in [0, 0.05) is 12.6 Å². The van der Waals surface area contributed by atoms with E-state index in [9.17, 15) is 4.79 Å². The van der Waals surface area contributed by atoms with Crippen LogP contribution in [0.4, 0.5) is 5.82 Å². The van der Waals surface area contributed by atoms with Crippen molar-refractivity contribution < 1.29 is 4.79 Å². The first-order valence-electron chi connectivity index (χ1n) is 6.97. The van der Waals surface area contributed by atoms with Crippen LogP contribution in [0.25, 0.3) is 0 Å². The van der Waals surface area contributed by atoms with E-state index in [0.29, 0.717) is 18.1 Å². The van der Waals surface area contributed by atoms with Crippen LogP contribution < -0.4 is 10.6 Å². The van der Waals surface area contributed by atoms with Crippen molar-refractivity contribution in [3.63, 3.8) is 0 Å². The molecular formula is C16H20N4O. The molecule has 1 aromatic heterocycles. The van der Waals surface area contributed by atoms with Gasteiger partial charge in [-0.05, 0) is 31.9 Å². The van der Waals surface area contributed by atoms with Gasteiger partial charge in [-0.25, -0.2) is 9.97 Å². The molecule has 5 heteroatoms. The Bertz CT molecular complexity index is 608. The molecule has 2 aromatic rings. The molecule has 0 saturated carbocycles. The Balaban J connectivity index is 1.96. The minimum atomic E-state index is -0.221. The van der Waals surface area contributed by atoms with Crippen molar-refractivity contribution in [2.75, 3.05) is 5.32 Å². The number of carbonyl (C=O) groups is 1. The third kappa shape index (κ3) is 4.27. The predicted molar refractivity (Wildman–Crippen MR) is 83.1 cm³/mol. The van der Waals surface area contributed by atoms with Gasteiger partial charge in [0.25, 0.3) is 5.91 Å². The normalized spacial score (nSPS) is 10.5. The van der Waals surface area contributed by atoms with Gasteiger partial charge in [0.05, 0.1) is 12.4 Å². The van der Waals surface area contributed by atoms with Gasteiger partial charge in [-0.2, -0.15) is 0 Å². The molecule has 1 aromatic carbocycles. The number of rotatable bonds is 5. The molecule has 0 saturated heterocycles. The highest BCUT2D eigenvalue weighted by molar-refractivity contribution is 5.91. The molecule has 0 bridgehead atoms. The summed E-state index contributed by atoms with van der Waals surface area (Å²) < 4.78 is 0. The zero-order valence-corrected chi connectivity index (χ0v) is 12.6. The molecule has 0 aliphatic heterocycles. The first kappa shape index (κ1) is 15.0. The zero-order chi connectivity index (χ0) is 15.2. The van der Waals surface area contributed by atoms with Crippen LogP contribution in [-0.4, -0.2) is 21.9 Å². The molecule has 110 valence electrons. The van der Waals surface area contributed by atoms with E-state index >= 15 is 0 Å². The highest BCUT2D eigenvalue weighted by Crippen LogP contribution is 2.07. The van der Waals surface area contributed by atoms with Crippen LogP contribution in [0.2, 0.25) is 0 Å². The van der Waals surface area contributed by atoms with Gasteiger partial charge >= 0.3 is 0 Å². The molecule has 5 nitrogen and oxygen atoms in total. The largest absolute Gasteiger partial charge is 0.367 e. The molecule has 2 rings (SSSR count). The second-order valence-corrected chi connectivity index (χ2v) is 5.20. The molecule has 1 heterocycles. The molecule has 1 amide bonds. The fourth-order valence-electron chi connectivity index (χ4n) is 1.89. The summed E-state index contributed by atoms with van der Waals surface area (Å²) in [7, 11) is 0. The number of amides is 1. The van der Waals surface area contributed by atoms with Crippen LogP contribution >= 0.6 is 0 Å². The van der Waals surface area contributed by atoms with E-state index in [4.69, 9.17) is 0 Å². The molecule has 21 heavy (non-hydrogen) atoms.